The summed E-state index contributed by atoms with van der Waals surface area (Å²) in [6.07, 6.45) is 8.40. The smallest absolute Gasteiger partial charge is 0.469 e. The summed E-state index contributed by atoms with van der Waals surface area (Å²) >= 11 is 0. The van der Waals surface area contributed by atoms with Crippen molar-refractivity contribution in [3.8, 4) is 11.5 Å². The molecule has 1 aliphatic rings. The fraction of sp³-hybridized carbons (Fsp3) is 0.379. The zero-order valence-corrected chi connectivity index (χ0v) is 25.8. The minimum Gasteiger partial charge on any atom is -0.493 e. The minimum atomic E-state index is -4.51. The van der Waals surface area contributed by atoms with Gasteiger partial charge in [-0.25, -0.2) is 23.3 Å². The van der Waals surface area contributed by atoms with E-state index in [1.54, 1.807) is 18.3 Å². The van der Waals surface area contributed by atoms with E-state index in [1.807, 2.05) is 0 Å². The lowest BCUT2D eigenvalue weighted by atomic mass is 9.78. The Hall–Kier alpha value is -4.21. The molecule has 0 spiro atoms. The molecular weight excluding hydrogens is 627 g/mol. The van der Waals surface area contributed by atoms with Crippen LogP contribution in [0.2, 0.25) is 0 Å². The van der Waals surface area contributed by atoms with Gasteiger partial charge in [-0.05, 0) is 43.4 Å². The van der Waals surface area contributed by atoms with Gasteiger partial charge in [0.25, 0.3) is 0 Å². The molecule has 1 atom stereocenters. The number of rotatable bonds is 16. The maximum absolute atomic E-state index is 13.9. The summed E-state index contributed by atoms with van der Waals surface area (Å²) in [6.45, 7) is 0.329. The van der Waals surface area contributed by atoms with E-state index < -0.39 is 25.4 Å². The van der Waals surface area contributed by atoms with Gasteiger partial charge in [0.05, 0.1) is 43.4 Å². The lowest BCUT2D eigenvalue weighted by Gasteiger charge is -2.34. The second-order valence-corrected chi connectivity index (χ2v) is 11.9. The Bertz CT molecular complexity index is 1720. The number of phosphoric acid groups is 1. The van der Waals surface area contributed by atoms with Gasteiger partial charge < -0.3 is 35.2 Å². The van der Waals surface area contributed by atoms with E-state index in [2.05, 4.69) is 35.5 Å². The number of carbonyl (C=O) groups is 1. The summed E-state index contributed by atoms with van der Waals surface area (Å²) in [7, 11) is -2.98. The first-order valence-electron chi connectivity index (χ1n) is 14.5. The van der Waals surface area contributed by atoms with Gasteiger partial charge in [-0.15, -0.1) is 0 Å². The molecule has 0 saturated heterocycles. The Morgan fingerprint density at radius 3 is 2.74 bits per heavy atom. The number of ether oxygens (including phenoxy) is 2. The van der Waals surface area contributed by atoms with E-state index in [4.69, 9.17) is 19.3 Å². The van der Waals surface area contributed by atoms with Crippen LogP contribution in [-0.4, -0.2) is 68.4 Å². The monoisotopic (exact) mass is 661 g/mol. The maximum atomic E-state index is 13.9. The fourth-order valence-corrected chi connectivity index (χ4v) is 5.40. The standard InChI is InChI=1S/C29H34F2N7O7P/c1-43-25-12-20-24(13-26(25)44-10-8-22(18-4-2-5-18)32-9-11-45-46(40,41)42)33-17-34-29(20)36-19-14-35-38(15-19)16-27(39)37-23-7-3-6-21(30)28(23)31/h3,6-7,12-15,17-18,22,32H,2,4-5,8-11,16H2,1H3,(H,37,39)(H,33,34,36)(H2,40,41,42). The molecule has 5 rings (SSSR count). The summed E-state index contributed by atoms with van der Waals surface area (Å²) in [5.41, 5.74) is 0.839. The number of nitrogens with one attached hydrogen (secondary N) is 3. The molecule has 4 aromatic rings. The van der Waals surface area contributed by atoms with Crippen molar-refractivity contribution in [1.82, 2.24) is 25.1 Å². The Morgan fingerprint density at radius 2 is 2.00 bits per heavy atom. The zero-order valence-electron chi connectivity index (χ0n) is 24.9. The van der Waals surface area contributed by atoms with Crippen molar-refractivity contribution in [2.75, 3.05) is 37.5 Å². The maximum Gasteiger partial charge on any atom is 0.469 e. The van der Waals surface area contributed by atoms with Crippen molar-refractivity contribution in [1.29, 1.82) is 0 Å². The third kappa shape index (κ3) is 8.73. The van der Waals surface area contributed by atoms with Crippen LogP contribution in [0.25, 0.3) is 10.9 Å². The molecule has 0 bridgehead atoms. The van der Waals surface area contributed by atoms with E-state index in [9.17, 15) is 18.1 Å². The van der Waals surface area contributed by atoms with E-state index in [0.717, 1.165) is 25.3 Å². The Kier molecular flexibility index (Phi) is 10.8. The molecule has 5 N–H and O–H groups in total. The first-order chi connectivity index (χ1) is 22.1. The number of hydrogen-bond donors (Lipinski definition) is 5. The van der Waals surface area contributed by atoms with Crippen LogP contribution >= 0.6 is 7.82 Å². The van der Waals surface area contributed by atoms with Crippen LogP contribution in [0, 0.1) is 17.6 Å². The highest BCUT2D eigenvalue weighted by molar-refractivity contribution is 7.46. The van der Waals surface area contributed by atoms with E-state index in [0.29, 0.717) is 59.4 Å². The predicted molar refractivity (Wildman–Crippen MR) is 164 cm³/mol. The molecule has 46 heavy (non-hydrogen) atoms. The molecule has 246 valence electrons. The lowest BCUT2D eigenvalue weighted by Crippen LogP contribution is -2.42. The molecule has 1 fully saturated rings. The molecule has 2 heterocycles. The molecule has 0 aliphatic heterocycles. The highest BCUT2D eigenvalue weighted by Crippen LogP contribution is 2.37. The summed E-state index contributed by atoms with van der Waals surface area (Å²) in [6, 6.07) is 7.12. The number of nitrogens with zero attached hydrogens (tertiary/aromatic N) is 4. The zero-order chi connectivity index (χ0) is 32.7. The van der Waals surface area contributed by atoms with Crippen LogP contribution in [0.3, 0.4) is 0 Å². The topological polar surface area (TPSA) is 182 Å². The average Bonchev–Trinajstić information content (AvgIpc) is 3.42. The van der Waals surface area contributed by atoms with Gasteiger partial charge in [0, 0.05) is 30.2 Å². The number of hydrogen-bond acceptors (Lipinski definition) is 10. The highest BCUT2D eigenvalue weighted by atomic mass is 31.2. The van der Waals surface area contributed by atoms with E-state index in [-0.39, 0.29) is 24.9 Å². The molecule has 0 radical (unpaired) electrons. The van der Waals surface area contributed by atoms with E-state index in [1.165, 1.54) is 36.4 Å². The third-order valence-corrected chi connectivity index (χ3v) is 8.04. The number of benzene rings is 2. The molecule has 2 aromatic carbocycles. The second kappa shape index (κ2) is 14.9. The summed E-state index contributed by atoms with van der Waals surface area (Å²) in [4.78, 5) is 38.9. The third-order valence-electron chi connectivity index (χ3n) is 7.52. The van der Waals surface area contributed by atoms with E-state index >= 15 is 0 Å². The molecule has 1 unspecified atom stereocenters. The number of methoxy groups -OCH3 is 1. The highest BCUT2D eigenvalue weighted by Gasteiger charge is 2.27. The van der Waals surface area contributed by atoms with Crippen molar-refractivity contribution in [2.24, 2.45) is 5.92 Å². The normalized spacial score (nSPS) is 14.1. The first kappa shape index (κ1) is 33.2. The molecule has 1 aliphatic carbocycles. The van der Waals surface area contributed by atoms with Crippen LogP contribution in [0.4, 0.5) is 26.0 Å². The largest absolute Gasteiger partial charge is 0.493 e. The van der Waals surface area contributed by atoms with Crippen molar-refractivity contribution in [2.45, 2.75) is 38.3 Å². The average molecular weight is 662 g/mol. The van der Waals surface area contributed by atoms with Gasteiger partial charge in [0.1, 0.15) is 18.7 Å². The van der Waals surface area contributed by atoms with Crippen LogP contribution in [0.5, 0.6) is 11.5 Å². The van der Waals surface area contributed by atoms with Crippen molar-refractivity contribution < 1.29 is 41.9 Å². The SMILES string of the molecule is COc1cc2c(Nc3cnn(CC(=O)Nc4cccc(F)c4F)c3)ncnc2cc1OCCC(NCCOP(=O)(O)O)C1CCC1. The lowest BCUT2D eigenvalue weighted by molar-refractivity contribution is -0.116. The van der Waals surface area contributed by atoms with Gasteiger partial charge in [-0.3, -0.25) is 14.0 Å². The van der Waals surface area contributed by atoms with Crippen LogP contribution in [0.1, 0.15) is 25.7 Å². The van der Waals surface area contributed by atoms with Crippen molar-refractivity contribution in [3.05, 3.63) is 60.7 Å². The van der Waals surface area contributed by atoms with Gasteiger partial charge in [-0.2, -0.15) is 5.10 Å². The molecule has 1 saturated carbocycles. The number of fused-ring (bicyclic) bond motifs is 1. The fourth-order valence-electron chi connectivity index (χ4n) is 5.08. The van der Waals surface area contributed by atoms with Gasteiger partial charge in [0.2, 0.25) is 5.91 Å². The Labute approximate surface area is 262 Å². The Morgan fingerprint density at radius 1 is 1.17 bits per heavy atom. The summed E-state index contributed by atoms with van der Waals surface area (Å²) in [5, 5.41) is 13.6. The van der Waals surface area contributed by atoms with Gasteiger partial charge in [0.15, 0.2) is 23.1 Å². The first-order valence-corrected chi connectivity index (χ1v) is 16.0. The van der Waals surface area contributed by atoms with Crippen molar-refractivity contribution in [3.63, 3.8) is 0 Å². The van der Waals surface area contributed by atoms with Crippen molar-refractivity contribution >= 4 is 41.8 Å². The molecule has 14 nitrogen and oxygen atoms in total. The summed E-state index contributed by atoms with van der Waals surface area (Å²) in [5.74, 6) is -0.936. The molecular formula is C29H34F2N7O7P. The molecule has 17 heteroatoms. The Balaban J connectivity index is 1.20. The van der Waals surface area contributed by atoms with Crippen LogP contribution in [0.15, 0.2) is 49.1 Å². The van der Waals surface area contributed by atoms with Gasteiger partial charge in [-0.1, -0.05) is 12.5 Å². The minimum absolute atomic E-state index is 0.100. The number of aromatic nitrogens is 4. The molecule has 1 amide bonds. The number of carbonyl (C=O) groups excluding carboxylic acids is 1. The van der Waals surface area contributed by atoms with Crippen LogP contribution < -0.4 is 25.4 Å². The van der Waals surface area contributed by atoms with Crippen LogP contribution in [-0.2, 0) is 20.4 Å². The summed E-state index contributed by atoms with van der Waals surface area (Å²) < 4.78 is 55.9. The second-order valence-electron chi connectivity index (χ2n) is 10.7. The predicted octanol–water partition coefficient (Wildman–Crippen LogP) is 4.13. The number of halogens is 2. The number of phosphoric ester groups is 1. The quantitative estimate of drug-likeness (QED) is 0.0857. The van der Waals surface area contributed by atoms with Gasteiger partial charge >= 0.3 is 7.82 Å². The molecule has 2 aromatic heterocycles. The number of anilines is 3. The number of amides is 1.